The summed E-state index contributed by atoms with van der Waals surface area (Å²) in [5.74, 6) is -62.4. The molecule has 46 heavy (non-hydrogen) atoms. The van der Waals surface area contributed by atoms with Crippen molar-refractivity contribution in [2.75, 3.05) is 0 Å². The van der Waals surface area contributed by atoms with Gasteiger partial charge in [0.05, 0.1) is 0 Å². The van der Waals surface area contributed by atoms with Gasteiger partial charge in [0.15, 0.2) is 0 Å². The van der Waals surface area contributed by atoms with Gasteiger partial charge in [0.1, 0.15) is 0 Å². The van der Waals surface area contributed by atoms with Crippen molar-refractivity contribution in [2.24, 2.45) is 0 Å². The Balaban J connectivity index is 3.02. The average molecular weight is 759 g/mol. The zero-order chi connectivity index (χ0) is 36.7. The Hall–Kier alpha value is -2.52. The number of hydrogen-bond donors (Lipinski definition) is 0. The van der Waals surface area contributed by atoms with Crippen molar-refractivity contribution in [1.82, 2.24) is 0 Å². The van der Waals surface area contributed by atoms with E-state index in [1.54, 1.807) is 0 Å². The summed E-state index contributed by atoms with van der Waals surface area (Å²) in [6.45, 7) is 0. The highest BCUT2D eigenvalue weighted by Gasteiger charge is 2.89. The van der Waals surface area contributed by atoms with Gasteiger partial charge >= 0.3 is 59.7 Å². The van der Waals surface area contributed by atoms with Crippen LogP contribution in [0.2, 0.25) is 10.0 Å². The van der Waals surface area contributed by atoms with Crippen molar-refractivity contribution in [3.63, 3.8) is 0 Å². The number of rotatable bonds is 9. The summed E-state index contributed by atoms with van der Waals surface area (Å²) >= 11 is 10.5. The molecule has 0 fully saturated rings. The minimum Gasteiger partial charge on any atom is -0.194 e. The molecule has 0 bridgehead atoms. The van der Waals surface area contributed by atoms with Crippen molar-refractivity contribution in [3.05, 3.63) is 57.6 Å². The molecule has 2 aromatic rings. The van der Waals surface area contributed by atoms with Crippen LogP contribution in [0.1, 0.15) is 11.1 Å². The zero-order valence-corrected chi connectivity index (χ0v) is 22.0. The van der Waals surface area contributed by atoms with E-state index in [9.17, 15) is 96.6 Å². The maximum Gasteiger partial charge on any atom is 0.460 e. The quantitative estimate of drug-likeness (QED) is 0.223. The van der Waals surface area contributed by atoms with Gasteiger partial charge in [-0.2, -0.15) is 96.6 Å². The van der Waals surface area contributed by atoms with Gasteiger partial charge in [-0.25, -0.2) is 0 Å². The van der Waals surface area contributed by atoms with Crippen molar-refractivity contribution in [1.29, 1.82) is 0 Å². The highest BCUT2D eigenvalue weighted by atomic mass is 35.5. The van der Waals surface area contributed by atoms with Crippen LogP contribution in [0.5, 0.6) is 0 Å². The monoisotopic (exact) mass is 758 g/mol. The first-order valence-corrected chi connectivity index (χ1v) is 11.5. The second-order valence-electron chi connectivity index (χ2n) is 8.97. The molecule has 0 unspecified atom stereocenters. The van der Waals surface area contributed by atoms with E-state index in [0.29, 0.717) is 0 Å². The Kier molecular flexibility index (Phi) is 9.49. The van der Waals surface area contributed by atoms with Crippen LogP contribution in [0, 0.1) is 0 Å². The molecule has 0 saturated carbocycles. The van der Waals surface area contributed by atoms with E-state index in [4.69, 9.17) is 23.2 Å². The van der Waals surface area contributed by atoms with Gasteiger partial charge in [0.2, 0.25) is 0 Å². The summed E-state index contributed by atoms with van der Waals surface area (Å²) in [7, 11) is 0. The van der Waals surface area contributed by atoms with E-state index in [-0.39, 0.29) is 24.3 Å². The average Bonchev–Trinajstić information content (AvgIpc) is 2.86. The fourth-order valence-electron chi connectivity index (χ4n) is 3.51. The minimum absolute atomic E-state index is 0.123. The normalized spacial score (nSPS) is 15.4. The predicted octanol–water partition coefficient (Wildman–Crippen LogP) is 11.8. The Morgan fingerprint density at radius 1 is 0.326 bits per heavy atom. The highest BCUT2D eigenvalue weighted by Crippen LogP contribution is 2.63. The topological polar surface area (TPSA) is 0 Å². The molecule has 24 heteroatoms. The molecule has 0 aliphatic carbocycles. The summed E-state index contributed by atoms with van der Waals surface area (Å²) in [4.78, 5) is 0. The standard InChI is InChI=1S/C22H6Cl2F22/c23-7-1-3-9(11(5-7)13(25,26)15(29,30)17(33,34)19(37,38)21(41,42)43)10-4-2-8(24)6-12(10)14(27,28)16(31,32)18(35,36)20(39,40)22(44,45)46/h1-6H. The largest absolute Gasteiger partial charge is 0.460 e. The molecule has 0 saturated heterocycles. The summed E-state index contributed by atoms with van der Waals surface area (Å²) in [5, 5.41) is -2.74. The predicted molar refractivity (Wildman–Crippen MR) is 111 cm³/mol. The molecule has 2 rings (SSSR count). The van der Waals surface area contributed by atoms with E-state index in [0.717, 1.165) is 0 Å². The van der Waals surface area contributed by atoms with Crippen LogP contribution in [0.4, 0.5) is 96.6 Å². The van der Waals surface area contributed by atoms with E-state index in [1.165, 1.54) is 0 Å². The molecular weight excluding hydrogens is 753 g/mol. The lowest BCUT2D eigenvalue weighted by Crippen LogP contribution is -2.65. The van der Waals surface area contributed by atoms with E-state index >= 15 is 0 Å². The molecule has 0 heterocycles. The molecule has 0 atom stereocenters. The molecule has 0 nitrogen and oxygen atoms in total. The lowest BCUT2D eigenvalue weighted by molar-refractivity contribution is -0.424. The van der Waals surface area contributed by atoms with Crippen LogP contribution in [0.25, 0.3) is 11.1 Å². The molecule has 0 amide bonds. The molecule has 0 spiro atoms. The lowest BCUT2D eigenvalue weighted by atomic mass is 9.84. The summed E-state index contributed by atoms with van der Waals surface area (Å²) in [6.07, 6.45) is -15.3. The zero-order valence-electron chi connectivity index (χ0n) is 20.5. The van der Waals surface area contributed by atoms with E-state index < -0.39 is 104 Å². The first-order valence-electron chi connectivity index (χ1n) is 10.8. The van der Waals surface area contributed by atoms with Crippen molar-refractivity contribution in [2.45, 2.75) is 59.7 Å². The van der Waals surface area contributed by atoms with Gasteiger partial charge in [0, 0.05) is 21.2 Å². The molecule has 2 aromatic carbocycles. The Labute approximate surface area is 248 Å². The van der Waals surface area contributed by atoms with Gasteiger partial charge in [-0.15, -0.1) is 0 Å². The fraction of sp³-hybridized carbons (Fsp3) is 0.455. The maximum absolute atomic E-state index is 15.0. The number of halogens is 24. The van der Waals surface area contributed by atoms with Crippen molar-refractivity contribution < 1.29 is 96.6 Å². The number of alkyl halides is 22. The molecule has 0 aromatic heterocycles. The first kappa shape index (κ1) is 39.7. The Morgan fingerprint density at radius 2 is 0.565 bits per heavy atom. The van der Waals surface area contributed by atoms with Crippen LogP contribution < -0.4 is 0 Å². The van der Waals surface area contributed by atoms with Gasteiger partial charge in [-0.3, -0.25) is 0 Å². The molecule has 0 aliphatic heterocycles. The van der Waals surface area contributed by atoms with Gasteiger partial charge in [0.25, 0.3) is 0 Å². The van der Waals surface area contributed by atoms with Crippen molar-refractivity contribution in [3.8, 4) is 11.1 Å². The molecular formula is C22H6Cl2F22. The maximum atomic E-state index is 15.0. The molecule has 0 N–H and O–H groups in total. The summed E-state index contributed by atoms with van der Waals surface area (Å²) < 4.78 is 301. The van der Waals surface area contributed by atoms with Gasteiger partial charge in [-0.1, -0.05) is 35.3 Å². The highest BCUT2D eigenvalue weighted by molar-refractivity contribution is 6.31. The van der Waals surface area contributed by atoms with Crippen LogP contribution >= 0.6 is 23.2 Å². The fourth-order valence-corrected chi connectivity index (χ4v) is 3.85. The Bertz CT molecular complexity index is 1340. The van der Waals surface area contributed by atoms with E-state index in [1.807, 2.05) is 0 Å². The first-order chi connectivity index (χ1) is 20.0. The second kappa shape index (κ2) is 11.0. The third-order valence-electron chi connectivity index (χ3n) is 6.01. The van der Waals surface area contributed by atoms with Crippen molar-refractivity contribution >= 4 is 23.2 Å². The lowest BCUT2D eigenvalue weighted by Gasteiger charge is -2.39. The third-order valence-corrected chi connectivity index (χ3v) is 6.48. The van der Waals surface area contributed by atoms with Crippen LogP contribution in [0.3, 0.4) is 0 Å². The number of hydrogen-bond acceptors (Lipinski definition) is 0. The number of benzene rings is 2. The van der Waals surface area contributed by atoms with Gasteiger partial charge in [-0.05, 0) is 35.4 Å². The molecule has 0 aliphatic rings. The van der Waals surface area contributed by atoms with Crippen LogP contribution in [-0.2, 0) is 11.8 Å². The summed E-state index contributed by atoms with van der Waals surface area (Å²) in [6, 6.07) is -1.76. The molecule has 0 radical (unpaired) electrons. The third kappa shape index (κ3) is 5.47. The van der Waals surface area contributed by atoms with E-state index in [2.05, 4.69) is 0 Å². The second-order valence-corrected chi connectivity index (χ2v) is 9.84. The summed E-state index contributed by atoms with van der Waals surface area (Å²) in [5.41, 5.74) is -10.8. The Morgan fingerprint density at radius 3 is 0.783 bits per heavy atom. The molecule has 262 valence electrons. The van der Waals surface area contributed by atoms with Crippen LogP contribution in [0.15, 0.2) is 36.4 Å². The SMILES string of the molecule is FC(F)(F)C(F)(F)C(F)(F)C(F)(F)C(F)(F)c1cc(Cl)ccc1-c1ccc(Cl)cc1C(F)(F)C(F)(F)C(F)(F)C(F)(F)C(F)(F)F. The van der Waals surface area contributed by atoms with Gasteiger partial charge < -0.3 is 0 Å². The minimum atomic E-state index is -8.13. The van der Waals surface area contributed by atoms with Crippen LogP contribution in [-0.4, -0.2) is 47.9 Å². The smallest absolute Gasteiger partial charge is 0.194 e.